The van der Waals surface area contributed by atoms with Crippen LogP contribution in [0.2, 0.25) is 0 Å². The Bertz CT molecular complexity index is 821. The molecule has 1 heterocycles. The molecular formula is C23H30N4O2. The maximum atomic E-state index is 12.0. The number of rotatable bonds is 9. The molecule has 0 bridgehead atoms. The van der Waals surface area contributed by atoms with E-state index in [4.69, 9.17) is 4.74 Å². The number of fused-ring (bicyclic) bond motifs is 1. The molecule has 0 radical (unpaired) electrons. The van der Waals surface area contributed by atoms with E-state index in [0.29, 0.717) is 18.7 Å². The van der Waals surface area contributed by atoms with Gasteiger partial charge in [-0.3, -0.25) is 9.79 Å². The normalized spacial score (nSPS) is 12.8. The fraction of sp³-hybridized carbons (Fsp3) is 0.391. The molecule has 0 aliphatic carbocycles. The predicted octanol–water partition coefficient (Wildman–Crippen LogP) is 2.54. The average molecular weight is 395 g/mol. The van der Waals surface area contributed by atoms with Crippen LogP contribution < -0.4 is 20.7 Å². The number of carbonyl (C=O) groups excluding carboxylic acids is 1. The van der Waals surface area contributed by atoms with Crippen LogP contribution in [0, 0.1) is 0 Å². The van der Waals surface area contributed by atoms with Gasteiger partial charge in [0.15, 0.2) is 5.96 Å². The van der Waals surface area contributed by atoms with Crippen molar-refractivity contribution in [2.24, 2.45) is 4.99 Å². The Kier molecular flexibility index (Phi) is 7.92. The third-order valence-corrected chi connectivity index (χ3v) is 4.73. The smallest absolute Gasteiger partial charge is 0.251 e. The molecule has 0 saturated heterocycles. The summed E-state index contributed by atoms with van der Waals surface area (Å²) in [4.78, 5) is 16.6. The second-order valence-corrected chi connectivity index (χ2v) is 6.95. The summed E-state index contributed by atoms with van der Waals surface area (Å²) >= 11 is 0. The lowest BCUT2D eigenvalue weighted by atomic mass is 10.1. The largest absolute Gasteiger partial charge is 0.493 e. The van der Waals surface area contributed by atoms with E-state index in [9.17, 15) is 4.79 Å². The summed E-state index contributed by atoms with van der Waals surface area (Å²) in [5.74, 6) is 1.79. The molecule has 1 amide bonds. The Hall–Kier alpha value is -3.02. The van der Waals surface area contributed by atoms with E-state index in [-0.39, 0.29) is 5.91 Å². The van der Waals surface area contributed by atoms with Crippen molar-refractivity contribution in [3.8, 4) is 5.75 Å². The van der Waals surface area contributed by atoms with Gasteiger partial charge in [0.25, 0.3) is 5.91 Å². The van der Waals surface area contributed by atoms with Crippen molar-refractivity contribution in [3.63, 3.8) is 0 Å². The van der Waals surface area contributed by atoms with Crippen LogP contribution in [0.4, 0.5) is 0 Å². The number of hydrogen-bond acceptors (Lipinski definition) is 3. The number of benzene rings is 2. The second-order valence-electron chi connectivity index (χ2n) is 6.95. The van der Waals surface area contributed by atoms with Gasteiger partial charge in [0.05, 0.1) is 6.61 Å². The monoisotopic (exact) mass is 394 g/mol. The molecule has 29 heavy (non-hydrogen) atoms. The second kappa shape index (κ2) is 11.1. The molecule has 154 valence electrons. The highest BCUT2D eigenvalue weighted by Gasteiger charge is 2.11. The minimum Gasteiger partial charge on any atom is -0.493 e. The number of nitrogens with one attached hydrogen (secondary N) is 3. The first kappa shape index (κ1) is 20.7. The molecule has 2 aromatic rings. The van der Waals surface area contributed by atoms with E-state index in [0.717, 1.165) is 50.7 Å². The van der Waals surface area contributed by atoms with Gasteiger partial charge in [-0.05, 0) is 49.1 Å². The topological polar surface area (TPSA) is 74.8 Å². The minimum absolute atomic E-state index is 0.0423. The zero-order chi connectivity index (χ0) is 20.3. The molecule has 3 N–H and O–H groups in total. The lowest BCUT2D eigenvalue weighted by molar-refractivity contribution is 0.0953. The van der Waals surface area contributed by atoms with Crippen LogP contribution >= 0.6 is 0 Å². The van der Waals surface area contributed by atoms with Crippen LogP contribution in [0.3, 0.4) is 0 Å². The first-order valence-corrected chi connectivity index (χ1v) is 10.4. The van der Waals surface area contributed by atoms with E-state index in [1.165, 1.54) is 11.1 Å². The number of amides is 1. The van der Waals surface area contributed by atoms with Gasteiger partial charge in [-0.2, -0.15) is 0 Å². The number of guanidine groups is 1. The number of aliphatic imine (C=N–C) groups is 1. The Balaban J connectivity index is 1.37. The highest BCUT2D eigenvalue weighted by molar-refractivity contribution is 5.94. The lowest BCUT2D eigenvalue weighted by Gasteiger charge is -2.12. The minimum atomic E-state index is -0.0423. The van der Waals surface area contributed by atoms with Crippen molar-refractivity contribution in [1.82, 2.24) is 16.0 Å². The summed E-state index contributed by atoms with van der Waals surface area (Å²) < 4.78 is 5.56. The molecule has 3 rings (SSSR count). The zero-order valence-corrected chi connectivity index (χ0v) is 17.0. The Morgan fingerprint density at radius 1 is 1.07 bits per heavy atom. The first-order valence-electron chi connectivity index (χ1n) is 10.4. The van der Waals surface area contributed by atoms with Crippen molar-refractivity contribution in [2.45, 2.75) is 26.2 Å². The molecular weight excluding hydrogens is 364 g/mol. The van der Waals surface area contributed by atoms with Crippen molar-refractivity contribution in [1.29, 1.82) is 0 Å². The molecule has 6 heteroatoms. The van der Waals surface area contributed by atoms with Gasteiger partial charge >= 0.3 is 0 Å². The van der Waals surface area contributed by atoms with Crippen LogP contribution in [0.15, 0.2) is 53.5 Å². The first-order chi connectivity index (χ1) is 14.3. The van der Waals surface area contributed by atoms with Gasteiger partial charge in [0.2, 0.25) is 0 Å². The molecule has 0 atom stereocenters. The van der Waals surface area contributed by atoms with Crippen LogP contribution in [0.5, 0.6) is 5.75 Å². The number of hydrogen-bond donors (Lipinski definition) is 3. The summed E-state index contributed by atoms with van der Waals surface area (Å²) in [6.45, 7) is 5.73. The third kappa shape index (κ3) is 6.52. The van der Waals surface area contributed by atoms with Crippen LogP contribution in [0.25, 0.3) is 0 Å². The van der Waals surface area contributed by atoms with E-state index < -0.39 is 0 Å². The Morgan fingerprint density at radius 3 is 2.76 bits per heavy atom. The molecule has 0 aromatic heterocycles. The fourth-order valence-corrected chi connectivity index (χ4v) is 3.23. The van der Waals surface area contributed by atoms with Crippen molar-refractivity contribution in [2.75, 3.05) is 32.8 Å². The average Bonchev–Trinajstić information content (AvgIpc) is 3.22. The van der Waals surface area contributed by atoms with Gasteiger partial charge in [0.1, 0.15) is 5.75 Å². The molecule has 0 fully saturated rings. The summed E-state index contributed by atoms with van der Waals surface area (Å²) in [5, 5.41) is 9.58. The Morgan fingerprint density at radius 2 is 1.93 bits per heavy atom. The van der Waals surface area contributed by atoms with Crippen molar-refractivity contribution < 1.29 is 9.53 Å². The van der Waals surface area contributed by atoms with Crippen LogP contribution in [0.1, 0.15) is 34.8 Å². The molecule has 0 unspecified atom stereocenters. The number of carbonyl (C=O) groups is 1. The fourth-order valence-electron chi connectivity index (χ4n) is 3.23. The van der Waals surface area contributed by atoms with E-state index in [2.05, 4.69) is 46.1 Å². The van der Waals surface area contributed by atoms with Crippen LogP contribution in [-0.2, 0) is 12.8 Å². The maximum absolute atomic E-state index is 12.0. The van der Waals surface area contributed by atoms with E-state index in [1.54, 1.807) is 0 Å². The van der Waals surface area contributed by atoms with E-state index >= 15 is 0 Å². The highest BCUT2D eigenvalue weighted by atomic mass is 16.5. The molecule has 1 aliphatic rings. The zero-order valence-electron chi connectivity index (χ0n) is 17.0. The van der Waals surface area contributed by atoms with E-state index in [1.807, 2.05) is 30.3 Å². The highest BCUT2D eigenvalue weighted by Crippen LogP contribution is 2.25. The van der Waals surface area contributed by atoms with Gasteiger partial charge in [-0.15, -0.1) is 0 Å². The third-order valence-electron chi connectivity index (χ3n) is 4.73. The van der Waals surface area contributed by atoms with Gasteiger partial charge in [-0.25, -0.2) is 0 Å². The summed E-state index contributed by atoms with van der Waals surface area (Å²) in [7, 11) is 0. The quantitative estimate of drug-likeness (QED) is 0.347. The van der Waals surface area contributed by atoms with Gasteiger partial charge < -0.3 is 20.7 Å². The van der Waals surface area contributed by atoms with Crippen molar-refractivity contribution in [3.05, 3.63) is 65.2 Å². The van der Waals surface area contributed by atoms with Gasteiger partial charge in [0, 0.05) is 38.2 Å². The Labute approximate surface area is 172 Å². The summed E-state index contributed by atoms with van der Waals surface area (Å²) in [6.07, 6.45) is 2.73. The molecule has 0 spiro atoms. The molecule has 6 nitrogen and oxygen atoms in total. The predicted molar refractivity (Wildman–Crippen MR) is 117 cm³/mol. The molecule has 2 aromatic carbocycles. The number of nitrogens with zero attached hydrogens (tertiary/aromatic N) is 1. The standard InChI is InChI=1S/C23H30N4O2/c1-2-24-23(26-14-6-13-25-22(28)19-7-4-3-5-8-19)27-15-11-18-9-10-21-20(17-18)12-16-29-21/h3-5,7-10,17H,2,6,11-16H2,1H3,(H,25,28)(H2,24,26,27). The number of ether oxygens (including phenoxy) is 1. The molecule has 0 saturated carbocycles. The SMILES string of the molecule is CCNC(=NCCCNC(=O)c1ccccc1)NCCc1ccc2c(c1)CCO2. The van der Waals surface area contributed by atoms with Crippen molar-refractivity contribution >= 4 is 11.9 Å². The maximum Gasteiger partial charge on any atom is 0.251 e. The van der Waals surface area contributed by atoms with Crippen LogP contribution in [-0.4, -0.2) is 44.7 Å². The summed E-state index contributed by atoms with van der Waals surface area (Å²) in [6, 6.07) is 15.7. The lowest BCUT2D eigenvalue weighted by Crippen LogP contribution is -2.38. The van der Waals surface area contributed by atoms with Gasteiger partial charge in [-0.1, -0.05) is 30.3 Å². The molecule has 1 aliphatic heterocycles. The summed E-state index contributed by atoms with van der Waals surface area (Å²) in [5.41, 5.74) is 3.30.